The minimum atomic E-state index is -0.557. The Morgan fingerprint density at radius 3 is 2.29 bits per heavy atom. The fourth-order valence-electron chi connectivity index (χ4n) is 3.26. The first-order chi connectivity index (χ1) is 13.5. The Hall–Kier alpha value is -3.38. The SMILES string of the molecule is O=C1NC(=S)NC(=O)C1=Cc1c(Cc2ccccc2F)ccc2ccccc12. The van der Waals surface area contributed by atoms with E-state index in [1.807, 2.05) is 36.4 Å². The second-order valence-corrected chi connectivity index (χ2v) is 6.83. The van der Waals surface area contributed by atoms with E-state index < -0.39 is 11.8 Å². The molecule has 2 N–H and O–H groups in total. The minimum absolute atomic E-state index is 0.0170. The van der Waals surface area contributed by atoms with Crippen molar-refractivity contribution in [3.8, 4) is 0 Å². The van der Waals surface area contributed by atoms with Crippen LogP contribution in [0.1, 0.15) is 16.7 Å². The van der Waals surface area contributed by atoms with Crippen LogP contribution in [0.2, 0.25) is 0 Å². The van der Waals surface area contributed by atoms with Crippen LogP contribution in [-0.2, 0) is 16.0 Å². The molecule has 1 fully saturated rings. The number of halogens is 1. The van der Waals surface area contributed by atoms with Gasteiger partial charge in [0.25, 0.3) is 11.8 Å². The summed E-state index contributed by atoms with van der Waals surface area (Å²) in [6.07, 6.45) is 1.88. The Morgan fingerprint density at radius 2 is 1.54 bits per heavy atom. The molecule has 6 heteroatoms. The summed E-state index contributed by atoms with van der Waals surface area (Å²) >= 11 is 4.85. The van der Waals surface area contributed by atoms with Crippen LogP contribution >= 0.6 is 12.2 Å². The maximum absolute atomic E-state index is 14.2. The van der Waals surface area contributed by atoms with Crippen molar-refractivity contribution in [2.24, 2.45) is 0 Å². The lowest BCUT2D eigenvalue weighted by Gasteiger charge is -2.18. The first kappa shape index (κ1) is 18.0. The summed E-state index contributed by atoms with van der Waals surface area (Å²) in [4.78, 5) is 24.6. The quantitative estimate of drug-likeness (QED) is 0.409. The summed E-state index contributed by atoms with van der Waals surface area (Å²) in [5.74, 6) is -1.41. The summed E-state index contributed by atoms with van der Waals surface area (Å²) < 4.78 is 14.2. The molecule has 1 saturated heterocycles. The molecule has 0 aromatic heterocycles. The van der Waals surface area contributed by atoms with Crippen molar-refractivity contribution in [2.45, 2.75) is 6.42 Å². The predicted octanol–water partition coefficient (Wildman–Crippen LogP) is 3.48. The summed E-state index contributed by atoms with van der Waals surface area (Å²) in [5, 5.41) is 6.69. The van der Waals surface area contributed by atoms with Crippen molar-refractivity contribution in [1.29, 1.82) is 0 Å². The average molecular weight is 390 g/mol. The summed E-state index contributed by atoms with van der Waals surface area (Å²) in [5.41, 5.74) is 2.01. The number of carbonyl (C=O) groups is 2. The number of fused-ring (bicyclic) bond motifs is 1. The molecule has 0 spiro atoms. The van der Waals surface area contributed by atoms with Gasteiger partial charge in [-0.3, -0.25) is 20.2 Å². The maximum Gasteiger partial charge on any atom is 0.263 e. The maximum atomic E-state index is 14.2. The molecule has 0 radical (unpaired) electrons. The number of nitrogens with one attached hydrogen (secondary N) is 2. The van der Waals surface area contributed by atoms with E-state index in [1.165, 1.54) is 6.07 Å². The number of rotatable bonds is 3. The van der Waals surface area contributed by atoms with Crippen LogP contribution in [0.25, 0.3) is 16.8 Å². The third-order valence-electron chi connectivity index (χ3n) is 4.63. The van der Waals surface area contributed by atoms with E-state index in [1.54, 1.807) is 24.3 Å². The van der Waals surface area contributed by atoms with E-state index in [9.17, 15) is 14.0 Å². The molecular weight excluding hydrogens is 375 g/mol. The number of hydrogen-bond acceptors (Lipinski definition) is 3. The van der Waals surface area contributed by atoms with Gasteiger partial charge in [-0.15, -0.1) is 0 Å². The number of hydrogen-bond donors (Lipinski definition) is 2. The minimum Gasteiger partial charge on any atom is -0.299 e. The van der Waals surface area contributed by atoms with E-state index >= 15 is 0 Å². The molecule has 0 unspecified atom stereocenters. The highest BCUT2D eigenvalue weighted by molar-refractivity contribution is 7.80. The molecule has 138 valence electrons. The summed E-state index contributed by atoms with van der Waals surface area (Å²) in [6.45, 7) is 0. The molecule has 1 heterocycles. The van der Waals surface area contributed by atoms with Gasteiger partial charge in [-0.2, -0.15) is 0 Å². The van der Waals surface area contributed by atoms with Crippen molar-refractivity contribution in [3.63, 3.8) is 0 Å². The smallest absolute Gasteiger partial charge is 0.263 e. The standard InChI is InChI=1S/C22H15FN2O2S/c23-19-8-4-2-6-15(19)11-14-10-9-13-5-1-3-7-16(13)17(14)12-18-20(26)24-22(28)25-21(18)27/h1-10,12H,11H2,(H2,24,25,26,27,28). The molecule has 28 heavy (non-hydrogen) atoms. The first-order valence-electron chi connectivity index (χ1n) is 8.65. The highest BCUT2D eigenvalue weighted by Gasteiger charge is 2.26. The Morgan fingerprint density at radius 1 is 0.857 bits per heavy atom. The zero-order chi connectivity index (χ0) is 19.7. The molecule has 1 aliphatic heterocycles. The van der Waals surface area contributed by atoms with Gasteiger partial charge in [0.15, 0.2) is 5.11 Å². The fourth-order valence-corrected chi connectivity index (χ4v) is 3.45. The molecule has 3 aromatic carbocycles. The molecule has 4 rings (SSSR count). The van der Waals surface area contributed by atoms with Gasteiger partial charge in [-0.05, 0) is 51.8 Å². The van der Waals surface area contributed by atoms with Crippen LogP contribution in [-0.4, -0.2) is 16.9 Å². The van der Waals surface area contributed by atoms with Crippen LogP contribution in [0, 0.1) is 5.82 Å². The van der Waals surface area contributed by atoms with Crippen LogP contribution in [0.5, 0.6) is 0 Å². The number of amides is 2. The van der Waals surface area contributed by atoms with Gasteiger partial charge >= 0.3 is 0 Å². The zero-order valence-corrected chi connectivity index (χ0v) is 15.5. The average Bonchev–Trinajstić information content (AvgIpc) is 2.67. The third-order valence-corrected chi connectivity index (χ3v) is 4.84. The Labute approximate surface area is 166 Å². The number of benzene rings is 3. The second kappa shape index (κ2) is 7.32. The molecule has 4 nitrogen and oxygen atoms in total. The van der Waals surface area contributed by atoms with E-state index in [0.717, 1.165) is 16.3 Å². The molecule has 0 atom stereocenters. The summed E-state index contributed by atoms with van der Waals surface area (Å²) in [6, 6.07) is 18.0. The molecule has 3 aromatic rings. The van der Waals surface area contributed by atoms with Crippen molar-refractivity contribution < 1.29 is 14.0 Å². The van der Waals surface area contributed by atoms with Gasteiger partial charge in [-0.25, -0.2) is 4.39 Å². The zero-order valence-electron chi connectivity index (χ0n) is 14.7. The van der Waals surface area contributed by atoms with Gasteiger partial charge in [0.05, 0.1) is 0 Å². The molecule has 0 saturated carbocycles. The molecular formula is C22H15FN2O2S. The number of thiocarbonyl (C=S) groups is 1. The van der Waals surface area contributed by atoms with Crippen molar-refractivity contribution in [1.82, 2.24) is 10.6 Å². The Kier molecular flexibility index (Phi) is 4.71. The lowest BCUT2D eigenvalue weighted by Crippen LogP contribution is -2.51. The van der Waals surface area contributed by atoms with Crippen LogP contribution < -0.4 is 10.6 Å². The van der Waals surface area contributed by atoms with Crippen LogP contribution in [0.4, 0.5) is 4.39 Å². The molecule has 0 aliphatic carbocycles. The largest absolute Gasteiger partial charge is 0.299 e. The van der Waals surface area contributed by atoms with Crippen molar-refractivity contribution in [2.75, 3.05) is 0 Å². The van der Waals surface area contributed by atoms with Crippen molar-refractivity contribution in [3.05, 3.63) is 88.7 Å². The lowest BCUT2D eigenvalue weighted by atomic mass is 9.92. The van der Waals surface area contributed by atoms with Crippen LogP contribution in [0.3, 0.4) is 0 Å². The summed E-state index contributed by atoms with van der Waals surface area (Å²) in [7, 11) is 0. The van der Waals surface area contributed by atoms with Gasteiger partial charge < -0.3 is 0 Å². The number of carbonyl (C=O) groups excluding carboxylic acids is 2. The van der Waals surface area contributed by atoms with Gasteiger partial charge in [0.2, 0.25) is 0 Å². The van der Waals surface area contributed by atoms with E-state index in [0.29, 0.717) is 17.5 Å². The predicted molar refractivity (Wildman–Crippen MR) is 110 cm³/mol. The fraction of sp³-hybridized carbons (Fsp3) is 0.0455. The molecule has 1 aliphatic rings. The van der Waals surface area contributed by atoms with E-state index in [4.69, 9.17) is 12.2 Å². The molecule has 2 amide bonds. The van der Waals surface area contributed by atoms with Gasteiger partial charge in [0.1, 0.15) is 11.4 Å². The van der Waals surface area contributed by atoms with E-state index in [-0.39, 0.29) is 16.5 Å². The third kappa shape index (κ3) is 3.42. The molecule has 0 bridgehead atoms. The first-order valence-corrected chi connectivity index (χ1v) is 9.06. The monoisotopic (exact) mass is 390 g/mol. The normalized spacial score (nSPS) is 14.0. The van der Waals surface area contributed by atoms with Crippen molar-refractivity contribution >= 4 is 46.0 Å². The van der Waals surface area contributed by atoms with Crippen LogP contribution in [0.15, 0.2) is 66.2 Å². The topological polar surface area (TPSA) is 58.2 Å². The Bertz CT molecular complexity index is 1150. The van der Waals surface area contributed by atoms with Gasteiger partial charge in [0, 0.05) is 6.42 Å². The highest BCUT2D eigenvalue weighted by atomic mass is 32.1. The lowest BCUT2D eigenvalue weighted by molar-refractivity contribution is -0.123. The van der Waals surface area contributed by atoms with E-state index in [2.05, 4.69) is 10.6 Å². The second-order valence-electron chi connectivity index (χ2n) is 6.42. The highest BCUT2D eigenvalue weighted by Crippen LogP contribution is 2.28. The Balaban J connectivity index is 1.89. The van der Waals surface area contributed by atoms with Gasteiger partial charge in [-0.1, -0.05) is 54.6 Å².